The van der Waals surface area contributed by atoms with E-state index in [4.69, 9.17) is 0 Å². The van der Waals surface area contributed by atoms with Gasteiger partial charge in [-0.25, -0.2) is 0 Å². The van der Waals surface area contributed by atoms with Gasteiger partial charge in [0.05, 0.1) is 6.54 Å². The molecule has 132 valence electrons. The first kappa shape index (κ1) is 16.7. The van der Waals surface area contributed by atoms with E-state index in [0.29, 0.717) is 18.1 Å². The van der Waals surface area contributed by atoms with Gasteiger partial charge in [-0.3, -0.25) is 4.79 Å². The third-order valence-corrected chi connectivity index (χ3v) is 5.45. The summed E-state index contributed by atoms with van der Waals surface area (Å²) in [7, 11) is 0. The van der Waals surface area contributed by atoms with Crippen LogP contribution < -0.4 is 10.2 Å². The second-order valence-corrected chi connectivity index (χ2v) is 7.53. The van der Waals surface area contributed by atoms with E-state index in [1.54, 1.807) is 0 Å². The number of anilines is 1. The van der Waals surface area contributed by atoms with Crippen molar-refractivity contribution in [1.82, 2.24) is 15.5 Å². The van der Waals surface area contributed by atoms with Crippen LogP contribution in [0.1, 0.15) is 31.5 Å². The number of carbonyl (C=O) groups excluding carboxylic acids is 1. The van der Waals surface area contributed by atoms with Crippen molar-refractivity contribution in [3.05, 3.63) is 75.2 Å². The normalized spacial score (nSPS) is 12.9. The lowest BCUT2D eigenvalue weighted by atomic mass is 10.1. The number of amides is 1. The molecule has 6 heteroatoms. The summed E-state index contributed by atoms with van der Waals surface area (Å²) in [6.45, 7) is 4.21. The number of aromatic nitrogens is 2. The maximum atomic E-state index is 12.3. The van der Waals surface area contributed by atoms with Gasteiger partial charge in [-0.2, -0.15) is 0 Å². The van der Waals surface area contributed by atoms with Gasteiger partial charge < -0.3 is 10.2 Å². The van der Waals surface area contributed by atoms with Gasteiger partial charge in [-0.05, 0) is 30.5 Å². The first-order chi connectivity index (χ1) is 12.7. The molecule has 2 aromatic carbocycles. The summed E-state index contributed by atoms with van der Waals surface area (Å²) in [4.78, 5) is 14.6. The predicted molar refractivity (Wildman–Crippen MR) is 103 cm³/mol. The van der Waals surface area contributed by atoms with Gasteiger partial charge in [0, 0.05) is 18.8 Å². The molecule has 1 N–H and O–H groups in total. The number of nitrogens with one attached hydrogen (secondary N) is 1. The Balaban J connectivity index is 1.37. The Labute approximate surface area is 156 Å². The van der Waals surface area contributed by atoms with Crippen molar-refractivity contribution in [2.24, 2.45) is 0 Å². The SMILES string of the molecule is Cc1ccc(CNC(=O)c2nnc(CN3CCc4ccccc43)s2)cc1. The molecule has 0 atom stereocenters. The lowest BCUT2D eigenvalue weighted by Crippen LogP contribution is -2.22. The lowest BCUT2D eigenvalue weighted by Gasteiger charge is -2.17. The minimum Gasteiger partial charge on any atom is -0.364 e. The Morgan fingerprint density at radius 1 is 1.15 bits per heavy atom. The molecular weight excluding hydrogens is 344 g/mol. The number of para-hydroxylation sites is 1. The molecule has 1 aliphatic heterocycles. The van der Waals surface area contributed by atoms with Crippen molar-refractivity contribution in [1.29, 1.82) is 0 Å². The van der Waals surface area contributed by atoms with E-state index >= 15 is 0 Å². The molecule has 0 fully saturated rings. The van der Waals surface area contributed by atoms with Crippen LogP contribution in [0.25, 0.3) is 0 Å². The van der Waals surface area contributed by atoms with E-state index in [-0.39, 0.29) is 5.91 Å². The van der Waals surface area contributed by atoms with Gasteiger partial charge >= 0.3 is 0 Å². The number of aryl methyl sites for hydroxylation is 1. The zero-order valence-corrected chi connectivity index (χ0v) is 15.4. The highest BCUT2D eigenvalue weighted by atomic mass is 32.1. The summed E-state index contributed by atoms with van der Waals surface area (Å²) in [6.07, 6.45) is 1.05. The van der Waals surface area contributed by atoms with E-state index in [9.17, 15) is 4.79 Å². The number of hydrogen-bond donors (Lipinski definition) is 1. The number of benzene rings is 2. The predicted octanol–water partition coefficient (Wildman–Crippen LogP) is 3.34. The van der Waals surface area contributed by atoms with Crippen molar-refractivity contribution in [2.75, 3.05) is 11.4 Å². The second kappa shape index (κ2) is 7.25. The van der Waals surface area contributed by atoms with Crippen LogP contribution in [0.5, 0.6) is 0 Å². The summed E-state index contributed by atoms with van der Waals surface area (Å²) in [5, 5.41) is 12.5. The Hall–Kier alpha value is -2.73. The fourth-order valence-electron chi connectivity index (χ4n) is 3.11. The molecule has 0 radical (unpaired) electrons. The van der Waals surface area contributed by atoms with Gasteiger partial charge in [-0.1, -0.05) is 59.4 Å². The molecule has 0 unspecified atom stereocenters. The van der Waals surface area contributed by atoms with Crippen molar-refractivity contribution in [3.63, 3.8) is 0 Å². The lowest BCUT2D eigenvalue weighted by molar-refractivity contribution is 0.0950. The Morgan fingerprint density at radius 3 is 2.81 bits per heavy atom. The van der Waals surface area contributed by atoms with Crippen molar-refractivity contribution < 1.29 is 4.79 Å². The summed E-state index contributed by atoms with van der Waals surface area (Å²) < 4.78 is 0. The summed E-state index contributed by atoms with van der Waals surface area (Å²) >= 11 is 1.36. The average Bonchev–Trinajstić information content (AvgIpc) is 3.29. The molecule has 0 bridgehead atoms. The zero-order valence-electron chi connectivity index (χ0n) is 14.6. The van der Waals surface area contributed by atoms with Gasteiger partial charge in [0.25, 0.3) is 5.91 Å². The van der Waals surface area contributed by atoms with Crippen LogP contribution in [0, 0.1) is 6.92 Å². The van der Waals surface area contributed by atoms with Crippen LogP contribution in [-0.4, -0.2) is 22.6 Å². The molecule has 3 aromatic rings. The Bertz CT molecular complexity index is 920. The molecule has 5 nitrogen and oxygen atoms in total. The summed E-state index contributed by atoms with van der Waals surface area (Å²) in [5.74, 6) is -0.170. The summed E-state index contributed by atoms with van der Waals surface area (Å²) in [6, 6.07) is 16.6. The highest BCUT2D eigenvalue weighted by Crippen LogP contribution is 2.29. The standard InChI is InChI=1S/C20H20N4OS/c1-14-6-8-15(9-7-14)12-21-19(25)20-23-22-18(26-20)13-24-11-10-16-4-2-3-5-17(16)24/h2-9H,10-13H2,1H3,(H,21,25). The van der Waals surface area contributed by atoms with E-state index in [1.165, 1.54) is 28.2 Å². The minimum atomic E-state index is -0.170. The number of rotatable bonds is 5. The highest BCUT2D eigenvalue weighted by molar-refractivity contribution is 7.13. The number of hydrogen-bond acceptors (Lipinski definition) is 5. The smallest absolute Gasteiger partial charge is 0.282 e. The van der Waals surface area contributed by atoms with Crippen LogP contribution in [0.4, 0.5) is 5.69 Å². The largest absolute Gasteiger partial charge is 0.364 e. The first-order valence-corrected chi connectivity index (χ1v) is 9.50. The molecule has 0 spiro atoms. The molecule has 4 rings (SSSR count). The fourth-order valence-corrected chi connectivity index (χ4v) is 3.88. The fraction of sp³-hybridized carbons (Fsp3) is 0.250. The molecule has 0 saturated heterocycles. The molecule has 2 heterocycles. The minimum absolute atomic E-state index is 0.170. The maximum Gasteiger partial charge on any atom is 0.282 e. The molecule has 1 amide bonds. The zero-order chi connectivity index (χ0) is 17.9. The topological polar surface area (TPSA) is 58.1 Å². The molecule has 1 aromatic heterocycles. The monoisotopic (exact) mass is 364 g/mol. The van der Waals surface area contributed by atoms with E-state index in [1.807, 2.05) is 31.2 Å². The van der Waals surface area contributed by atoms with Crippen molar-refractivity contribution in [3.8, 4) is 0 Å². The maximum absolute atomic E-state index is 12.3. The van der Waals surface area contributed by atoms with E-state index in [0.717, 1.165) is 23.5 Å². The molecular formula is C20H20N4OS. The second-order valence-electron chi connectivity index (χ2n) is 6.47. The Morgan fingerprint density at radius 2 is 1.96 bits per heavy atom. The highest BCUT2D eigenvalue weighted by Gasteiger charge is 2.20. The number of carbonyl (C=O) groups is 1. The molecule has 1 aliphatic rings. The molecule has 0 aliphatic carbocycles. The Kier molecular flexibility index (Phi) is 4.67. The summed E-state index contributed by atoms with van der Waals surface area (Å²) in [5.41, 5.74) is 4.90. The van der Waals surface area contributed by atoms with Crippen LogP contribution >= 0.6 is 11.3 Å². The van der Waals surface area contributed by atoms with Crippen LogP contribution in [-0.2, 0) is 19.5 Å². The van der Waals surface area contributed by atoms with Crippen molar-refractivity contribution >= 4 is 22.9 Å². The first-order valence-electron chi connectivity index (χ1n) is 8.68. The van der Waals surface area contributed by atoms with Crippen LogP contribution in [0.3, 0.4) is 0 Å². The molecule has 0 saturated carbocycles. The van der Waals surface area contributed by atoms with Gasteiger partial charge in [0.15, 0.2) is 0 Å². The van der Waals surface area contributed by atoms with Gasteiger partial charge in [0.1, 0.15) is 5.01 Å². The number of nitrogens with zero attached hydrogens (tertiary/aromatic N) is 3. The number of fused-ring (bicyclic) bond motifs is 1. The van der Waals surface area contributed by atoms with E-state index in [2.05, 4.69) is 44.7 Å². The van der Waals surface area contributed by atoms with E-state index < -0.39 is 0 Å². The van der Waals surface area contributed by atoms with Crippen LogP contribution in [0.15, 0.2) is 48.5 Å². The van der Waals surface area contributed by atoms with Gasteiger partial charge in [-0.15, -0.1) is 10.2 Å². The third-order valence-electron chi connectivity index (χ3n) is 4.54. The quantitative estimate of drug-likeness (QED) is 0.754. The van der Waals surface area contributed by atoms with Crippen molar-refractivity contribution in [2.45, 2.75) is 26.4 Å². The molecule has 26 heavy (non-hydrogen) atoms. The average molecular weight is 364 g/mol. The van der Waals surface area contributed by atoms with Crippen LogP contribution in [0.2, 0.25) is 0 Å². The third kappa shape index (κ3) is 3.60. The van der Waals surface area contributed by atoms with Gasteiger partial charge in [0.2, 0.25) is 5.01 Å².